The van der Waals surface area contributed by atoms with E-state index in [0.717, 1.165) is 25.4 Å². The first kappa shape index (κ1) is 16.0. The van der Waals surface area contributed by atoms with Crippen molar-refractivity contribution in [2.24, 2.45) is 11.8 Å². The highest BCUT2D eigenvalue weighted by atomic mass is 16.5. The van der Waals surface area contributed by atoms with Gasteiger partial charge in [-0.25, -0.2) is 0 Å². The van der Waals surface area contributed by atoms with Crippen molar-refractivity contribution in [2.45, 2.75) is 20.4 Å². The normalized spacial score (nSPS) is 13.0. The lowest BCUT2D eigenvalue weighted by molar-refractivity contribution is 0.225. The van der Waals surface area contributed by atoms with Gasteiger partial charge in [0.1, 0.15) is 5.75 Å². The molecule has 1 N–H and O–H groups in total. The third-order valence-corrected chi connectivity index (χ3v) is 3.59. The summed E-state index contributed by atoms with van der Waals surface area (Å²) in [5.74, 6) is 2.33. The Balaban J connectivity index is 2.60. The second kappa shape index (κ2) is 8.18. The first-order valence-corrected chi connectivity index (χ1v) is 7.03. The van der Waals surface area contributed by atoms with Crippen molar-refractivity contribution < 1.29 is 4.74 Å². The van der Waals surface area contributed by atoms with Crippen LogP contribution in [0.1, 0.15) is 19.4 Å². The molecule has 0 heterocycles. The molecule has 3 nitrogen and oxygen atoms in total. The molecule has 0 fully saturated rings. The third-order valence-electron chi connectivity index (χ3n) is 3.59. The number of methoxy groups -OCH3 is 1. The fourth-order valence-electron chi connectivity index (χ4n) is 2.36. The van der Waals surface area contributed by atoms with E-state index in [4.69, 9.17) is 4.74 Å². The number of nitrogens with one attached hydrogen (secondary N) is 1. The molecule has 0 saturated heterocycles. The maximum Gasteiger partial charge on any atom is 0.123 e. The van der Waals surface area contributed by atoms with E-state index >= 15 is 0 Å². The number of ether oxygens (including phenoxy) is 1. The maximum absolute atomic E-state index is 5.41. The molecule has 0 aromatic heterocycles. The molecule has 0 radical (unpaired) electrons. The van der Waals surface area contributed by atoms with Gasteiger partial charge in [0.2, 0.25) is 0 Å². The summed E-state index contributed by atoms with van der Waals surface area (Å²) >= 11 is 0. The van der Waals surface area contributed by atoms with Crippen LogP contribution < -0.4 is 10.1 Å². The predicted octanol–water partition coefficient (Wildman–Crippen LogP) is 2.62. The molecule has 0 aliphatic rings. The number of para-hydroxylation sites is 1. The van der Waals surface area contributed by atoms with E-state index in [9.17, 15) is 0 Å². The first-order chi connectivity index (χ1) is 9.08. The van der Waals surface area contributed by atoms with Gasteiger partial charge in [-0.3, -0.25) is 0 Å². The van der Waals surface area contributed by atoms with Crippen LogP contribution in [0, 0.1) is 11.8 Å². The standard InChI is InChI=1S/C16H28N2O/c1-13(2)15(10-17-3)12-18(4)11-14-8-6-7-9-16(14)19-5/h6-9,13,15,17H,10-12H2,1-5H3. The summed E-state index contributed by atoms with van der Waals surface area (Å²) in [5, 5.41) is 3.29. The largest absolute Gasteiger partial charge is 0.496 e. The molecular weight excluding hydrogens is 236 g/mol. The number of hydrogen-bond donors (Lipinski definition) is 1. The van der Waals surface area contributed by atoms with Crippen LogP contribution >= 0.6 is 0 Å². The Kier molecular flexibility index (Phi) is 6.89. The number of rotatable bonds is 8. The Labute approximate surface area is 118 Å². The van der Waals surface area contributed by atoms with Crippen LogP contribution in [0.2, 0.25) is 0 Å². The van der Waals surface area contributed by atoms with Crippen molar-refractivity contribution in [3.63, 3.8) is 0 Å². The van der Waals surface area contributed by atoms with Gasteiger partial charge in [-0.05, 0) is 38.5 Å². The van der Waals surface area contributed by atoms with Crippen molar-refractivity contribution in [3.8, 4) is 5.75 Å². The van der Waals surface area contributed by atoms with Crippen LogP contribution in [0.25, 0.3) is 0 Å². The van der Waals surface area contributed by atoms with Crippen LogP contribution in [0.4, 0.5) is 0 Å². The Morgan fingerprint density at radius 1 is 1.26 bits per heavy atom. The molecule has 0 aliphatic heterocycles. The molecule has 3 heteroatoms. The van der Waals surface area contributed by atoms with E-state index < -0.39 is 0 Å². The fraction of sp³-hybridized carbons (Fsp3) is 0.625. The fourth-order valence-corrected chi connectivity index (χ4v) is 2.36. The SMILES string of the molecule is CNCC(CN(C)Cc1ccccc1OC)C(C)C. The minimum Gasteiger partial charge on any atom is -0.496 e. The van der Waals surface area contributed by atoms with Crippen molar-refractivity contribution >= 4 is 0 Å². The molecule has 0 spiro atoms. The third kappa shape index (κ3) is 5.21. The smallest absolute Gasteiger partial charge is 0.123 e. The van der Waals surface area contributed by atoms with Gasteiger partial charge in [-0.2, -0.15) is 0 Å². The Bertz CT molecular complexity index is 366. The highest BCUT2D eigenvalue weighted by Crippen LogP contribution is 2.20. The molecule has 1 atom stereocenters. The summed E-state index contributed by atoms with van der Waals surface area (Å²) < 4.78 is 5.41. The second-order valence-corrected chi connectivity index (χ2v) is 5.57. The lowest BCUT2D eigenvalue weighted by atomic mass is 9.95. The summed E-state index contributed by atoms with van der Waals surface area (Å²) in [5.41, 5.74) is 1.25. The van der Waals surface area contributed by atoms with E-state index in [1.807, 2.05) is 19.2 Å². The molecule has 0 bridgehead atoms. The molecule has 0 aliphatic carbocycles. The van der Waals surface area contributed by atoms with Gasteiger partial charge in [-0.15, -0.1) is 0 Å². The van der Waals surface area contributed by atoms with E-state index in [1.165, 1.54) is 5.56 Å². The monoisotopic (exact) mass is 264 g/mol. The molecule has 1 aromatic carbocycles. The zero-order valence-corrected chi connectivity index (χ0v) is 12.9. The number of hydrogen-bond acceptors (Lipinski definition) is 3. The van der Waals surface area contributed by atoms with E-state index in [2.05, 4.69) is 43.2 Å². The number of benzene rings is 1. The first-order valence-electron chi connectivity index (χ1n) is 7.03. The molecule has 1 aromatic rings. The van der Waals surface area contributed by atoms with Crippen molar-refractivity contribution in [2.75, 3.05) is 34.3 Å². The molecular formula is C16H28N2O. The van der Waals surface area contributed by atoms with E-state index in [1.54, 1.807) is 7.11 Å². The highest BCUT2D eigenvalue weighted by Gasteiger charge is 2.15. The van der Waals surface area contributed by atoms with E-state index in [0.29, 0.717) is 11.8 Å². The molecule has 108 valence electrons. The van der Waals surface area contributed by atoms with Crippen LogP contribution in [0.15, 0.2) is 24.3 Å². The predicted molar refractivity (Wildman–Crippen MR) is 81.6 cm³/mol. The Morgan fingerprint density at radius 3 is 2.53 bits per heavy atom. The summed E-state index contributed by atoms with van der Waals surface area (Å²) in [6.07, 6.45) is 0. The number of nitrogens with zero attached hydrogens (tertiary/aromatic N) is 1. The highest BCUT2D eigenvalue weighted by molar-refractivity contribution is 5.32. The Hall–Kier alpha value is -1.06. The van der Waals surface area contributed by atoms with Crippen LogP contribution in [0.3, 0.4) is 0 Å². The maximum atomic E-state index is 5.41. The molecule has 1 rings (SSSR count). The average molecular weight is 264 g/mol. The summed E-state index contributed by atoms with van der Waals surface area (Å²) in [6, 6.07) is 8.24. The minimum absolute atomic E-state index is 0.671. The van der Waals surface area contributed by atoms with Gasteiger partial charge in [0, 0.05) is 18.7 Å². The van der Waals surface area contributed by atoms with Crippen molar-refractivity contribution in [3.05, 3.63) is 29.8 Å². The topological polar surface area (TPSA) is 24.5 Å². The van der Waals surface area contributed by atoms with Gasteiger partial charge in [0.25, 0.3) is 0 Å². The lowest BCUT2D eigenvalue weighted by Gasteiger charge is -2.27. The van der Waals surface area contributed by atoms with Crippen LogP contribution in [-0.2, 0) is 6.54 Å². The van der Waals surface area contributed by atoms with Crippen molar-refractivity contribution in [1.82, 2.24) is 10.2 Å². The molecule has 0 amide bonds. The van der Waals surface area contributed by atoms with Gasteiger partial charge in [0.05, 0.1) is 7.11 Å². The zero-order valence-electron chi connectivity index (χ0n) is 12.9. The van der Waals surface area contributed by atoms with Gasteiger partial charge in [0.15, 0.2) is 0 Å². The Morgan fingerprint density at radius 2 is 1.95 bits per heavy atom. The quantitative estimate of drug-likeness (QED) is 0.781. The van der Waals surface area contributed by atoms with E-state index in [-0.39, 0.29) is 0 Å². The van der Waals surface area contributed by atoms with Gasteiger partial charge < -0.3 is 15.0 Å². The van der Waals surface area contributed by atoms with Crippen molar-refractivity contribution in [1.29, 1.82) is 0 Å². The second-order valence-electron chi connectivity index (χ2n) is 5.57. The molecule has 0 saturated carbocycles. The summed E-state index contributed by atoms with van der Waals surface area (Å²) in [4.78, 5) is 2.37. The average Bonchev–Trinajstić information content (AvgIpc) is 2.38. The van der Waals surface area contributed by atoms with Gasteiger partial charge in [-0.1, -0.05) is 32.0 Å². The molecule has 1 unspecified atom stereocenters. The minimum atomic E-state index is 0.671. The van der Waals surface area contributed by atoms with Crippen LogP contribution in [0.5, 0.6) is 5.75 Å². The van der Waals surface area contributed by atoms with Crippen LogP contribution in [-0.4, -0.2) is 39.2 Å². The summed E-state index contributed by atoms with van der Waals surface area (Å²) in [6.45, 7) is 7.67. The lowest BCUT2D eigenvalue weighted by Crippen LogP contribution is -2.34. The molecule has 19 heavy (non-hydrogen) atoms. The van der Waals surface area contributed by atoms with Gasteiger partial charge >= 0.3 is 0 Å². The zero-order chi connectivity index (χ0) is 14.3. The summed E-state index contributed by atoms with van der Waals surface area (Å²) in [7, 11) is 5.93.